The maximum Gasteiger partial charge on any atom is 0.329 e. The molecule has 4 rings (SSSR count). The average molecular weight is 1070 g/mol. The molecule has 2 saturated heterocycles. The van der Waals surface area contributed by atoms with Crippen molar-refractivity contribution in [3.63, 3.8) is 0 Å². The fourth-order valence-corrected chi connectivity index (χ4v) is 11.3. The third kappa shape index (κ3) is 19.1. The number of piperidine rings is 1. The minimum Gasteiger partial charge on any atom is -0.460 e. The molecular weight excluding hydrogens is 979 g/mol. The van der Waals surface area contributed by atoms with Gasteiger partial charge < -0.3 is 57.4 Å². The summed E-state index contributed by atoms with van der Waals surface area (Å²) < 4.78 is 58.8. The Labute approximate surface area is 454 Å². The van der Waals surface area contributed by atoms with Gasteiger partial charge in [-0.1, -0.05) is 71.1 Å². The van der Waals surface area contributed by atoms with Crippen LogP contribution in [0.1, 0.15) is 126 Å². The summed E-state index contributed by atoms with van der Waals surface area (Å²) in [7, 11) is 7.91. The highest BCUT2D eigenvalue weighted by Crippen LogP contribution is 2.38. The number of esters is 1. The van der Waals surface area contributed by atoms with Crippen LogP contribution in [0.3, 0.4) is 0 Å². The molecule has 3 fully saturated rings. The third-order valence-corrected chi connectivity index (χ3v) is 16.0. The molecule has 1 N–H and O–H groups in total. The van der Waals surface area contributed by atoms with Crippen molar-refractivity contribution < 1.29 is 76.4 Å². The van der Waals surface area contributed by atoms with Gasteiger partial charge in [0.2, 0.25) is 5.79 Å². The van der Waals surface area contributed by atoms with Gasteiger partial charge in [-0.15, -0.1) is 0 Å². The molecule has 1 saturated carbocycles. The van der Waals surface area contributed by atoms with Crippen LogP contribution < -0.4 is 0 Å². The number of hydrogen-bond donors (Lipinski definition) is 1. The second kappa shape index (κ2) is 33.2. The maximum absolute atomic E-state index is 14.7. The molecule has 0 radical (unpaired) electrons. The Morgan fingerprint density at radius 1 is 0.737 bits per heavy atom. The van der Waals surface area contributed by atoms with Gasteiger partial charge in [-0.2, -0.15) is 0 Å². The number of Topliss-reactive ketones (excluding diaryl/α,β-unsaturated/α-hetero) is 3. The van der Waals surface area contributed by atoms with E-state index in [0.717, 1.165) is 18.4 Å². The number of aliphatic hydroxyl groups is 1. The van der Waals surface area contributed by atoms with Crippen LogP contribution in [-0.4, -0.2) is 176 Å². The highest BCUT2D eigenvalue weighted by atomic mass is 16.6. The number of nitrogens with zero attached hydrogens (tertiary/aromatic N) is 1. The van der Waals surface area contributed by atoms with E-state index in [1.165, 1.54) is 19.1 Å². The van der Waals surface area contributed by atoms with Crippen molar-refractivity contribution in [2.45, 2.75) is 180 Å². The topological polar surface area (TPSA) is 201 Å². The molecular formula is C59H95NO16. The zero-order valence-corrected chi connectivity index (χ0v) is 48.0. The first kappa shape index (κ1) is 65.0. The third-order valence-electron chi connectivity index (χ3n) is 16.0. The summed E-state index contributed by atoms with van der Waals surface area (Å²) in [6.07, 6.45) is 13.3. The van der Waals surface area contributed by atoms with E-state index in [-0.39, 0.29) is 79.9 Å². The molecule has 0 aromatic heterocycles. The first-order chi connectivity index (χ1) is 36.3. The molecule has 0 spiro atoms. The van der Waals surface area contributed by atoms with Crippen molar-refractivity contribution in [2.75, 3.05) is 81.7 Å². The smallest absolute Gasteiger partial charge is 0.329 e. The number of allylic oxidation sites excluding steroid dienone is 6. The summed E-state index contributed by atoms with van der Waals surface area (Å²) in [6.45, 7) is 15.5. The number of ketones is 3. The highest BCUT2D eigenvalue weighted by molar-refractivity contribution is 6.39. The van der Waals surface area contributed by atoms with E-state index in [0.29, 0.717) is 83.6 Å². The summed E-state index contributed by atoms with van der Waals surface area (Å²) in [5.41, 5.74) is 1.51. The van der Waals surface area contributed by atoms with Crippen LogP contribution in [0, 0.1) is 35.5 Å². The Morgan fingerprint density at radius 2 is 1.43 bits per heavy atom. The summed E-state index contributed by atoms with van der Waals surface area (Å²) in [5.74, 6) is -7.55. The SMILES string of the molecule is COCCOCCOC1C[C@@H]2CC[C@@H](C)[C@@](O)(O2)C(=O)C(=O)N2CCCC[C@H]2C(=O)O[C@H]([C@H](C)C[C@@H]2CC[C@@H](OCCOC)[C@H](OC)C2)CC(=O)[C@H](C)/C=C(\C)[C@@H](OC)[C@@H](OC)C(=O)[C@H](C)C[C@H](C)/C=C/C=C/C=C/1C. The molecule has 17 heteroatoms. The minimum atomic E-state index is -2.47. The molecule has 76 heavy (non-hydrogen) atoms. The van der Waals surface area contributed by atoms with Crippen molar-refractivity contribution in [1.29, 1.82) is 0 Å². The lowest BCUT2D eigenvalue weighted by Crippen LogP contribution is -2.61. The fraction of sp³-hybridized carbons (Fsp3) is 0.780. The Balaban J connectivity index is 1.72. The van der Waals surface area contributed by atoms with Gasteiger partial charge in [-0.05, 0) is 107 Å². The van der Waals surface area contributed by atoms with Crippen LogP contribution in [-0.2, 0) is 71.3 Å². The predicted octanol–water partition coefficient (Wildman–Crippen LogP) is 7.54. The Kier molecular flexibility index (Phi) is 28.4. The number of hydrogen-bond acceptors (Lipinski definition) is 16. The van der Waals surface area contributed by atoms with E-state index in [2.05, 4.69) is 0 Å². The molecule has 432 valence electrons. The van der Waals surface area contributed by atoms with Crippen LogP contribution >= 0.6 is 0 Å². The van der Waals surface area contributed by atoms with Gasteiger partial charge in [0.25, 0.3) is 11.7 Å². The number of cyclic esters (lactones) is 1. The molecule has 0 aromatic carbocycles. The van der Waals surface area contributed by atoms with Gasteiger partial charge in [0.1, 0.15) is 30.1 Å². The Bertz CT molecular complexity index is 1950. The van der Waals surface area contributed by atoms with Crippen molar-refractivity contribution >= 4 is 29.2 Å². The second-order valence-electron chi connectivity index (χ2n) is 21.9. The van der Waals surface area contributed by atoms with Gasteiger partial charge in [0, 0.05) is 72.7 Å². The van der Waals surface area contributed by atoms with E-state index in [4.69, 9.17) is 47.4 Å². The molecule has 1 unspecified atom stereocenters. The van der Waals surface area contributed by atoms with Gasteiger partial charge in [0.05, 0.1) is 64.1 Å². The standard InChI is InChI=1S/C59H95NO16/c1-38-18-14-13-15-19-39(2)50(74-31-29-72-28-26-67-8)36-46-23-21-44(7)59(66,76-46)56(63)57(64)60-25-17-16-20-47(60)58(65)75-51(41(4)34-45-22-24-49(52(35-45)69-10)73-30-27-68-9)37-48(61)40(3)33-43(6)54(70-11)55(71-12)53(62)42(5)32-38/h13-15,18-19,33,38,40-42,44-47,49-52,54-55,66H,16-17,20-32,34-37H2,1-12H3/b15-13+,18-14+,39-19+,43-33+/t38-,40-,41-,42-,44-,45+,46+,47+,49-,50?,51+,52-,54-,55+,59-/m1/s1. The summed E-state index contributed by atoms with van der Waals surface area (Å²) in [6, 6.07) is -1.14. The quantitative estimate of drug-likeness (QED) is 0.0648. The Hall–Kier alpha value is -3.49. The van der Waals surface area contributed by atoms with Crippen LogP contribution in [0.2, 0.25) is 0 Å². The number of carbonyl (C=O) groups is 5. The molecule has 17 nitrogen and oxygen atoms in total. The lowest BCUT2D eigenvalue weighted by Gasteiger charge is -2.43. The largest absolute Gasteiger partial charge is 0.460 e. The fourth-order valence-electron chi connectivity index (χ4n) is 11.3. The molecule has 15 atom stereocenters. The van der Waals surface area contributed by atoms with Crippen LogP contribution in [0.15, 0.2) is 47.6 Å². The highest BCUT2D eigenvalue weighted by Gasteiger charge is 2.53. The van der Waals surface area contributed by atoms with Crippen molar-refractivity contribution in [3.8, 4) is 0 Å². The van der Waals surface area contributed by atoms with Gasteiger partial charge in [0.15, 0.2) is 5.78 Å². The van der Waals surface area contributed by atoms with Gasteiger partial charge in [-0.25, -0.2) is 4.79 Å². The normalized spacial score (nSPS) is 36.3. The first-order valence-electron chi connectivity index (χ1n) is 27.9. The summed E-state index contributed by atoms with van der Waals surface area (Å²) >= 11 is 0. The van der Waals surface area contributed by atoms with E-state index in [1.54, 1.807) is 41.3 Å². The van der Waals surface area contributed by atoms with E-state index in [1.807, 2.05) is 65.0 Å². The molecule has 3 heterocycles. The zero-order chi connectivity index (χ0) is 56.0. The van der Waals surface area contributed by atoms with E-state index in [9.17, 15) is 29.1 Å². The number of fused-ring (bicyclic) bond motifs is 3. The van der Waals surface area contributed by atoms with Crippen molar-refractivity contribution in [3.05, 3.63) is 47.6 Å². The monoisotopic (exact) mass is 1070 g/mol. The van der Waals surface area contributed by atoms with Gasteiger partial charge >= 0.3 is 5.97 Å². The molecule has 0 aromatic rings. The minimum absolute atomic E-state index is 0.0348. The van der Waals surface area contributed by atoms with Crippen LogP contribution in [0.5, 0.6) is 0 Å². The average Bonchev–Trinajstić information content (AvgIpc) is 3.40. The maximum atomic E-state index is 14.7. The summed E-state index contributed by atoms with van der Waals surface area (Å²) in [4.78, 5) is 73.4. The van der Waals surface area contributed by atoms with Crippen molar-refractivity contribution in [2.24, 2.45) is 35.5 Å². The molecule has 2 bridgehead atoms. The zero-order valence-electron chi connectivity index (χ0n) is 48.0. The number of rotatable bonds is 17. The lowest BCUT2D eigenvalue weighted by molar-refractivity contribution is -0.266. The second-order valence-corrected chi connectivity index (χ2v) is 21.9. The number of ether oxygens (including phenoxy) is 10. The van der Waals surface area contributed by atoms with E-state index < -0.39 is 71.8 Å². The van der Waals surface area contributed by atoms with Crippen LogP contribution in [0.4, 0.5) is 0 Å². The van der Waals surface area contributed by atoms with Crippen molar-refractivity contribution in [1.82, 2.24) is 4.90 Å². The molecule has 3 aliphatic heterocycles. The molecule has 1 amide bonds. The van der Waals surface area contributed by atoms with Gasteiger partial charge in [-0.3, -0.25) is 19.2 Å². The summed E-state index contributed by atoms with van der Waals surface area (Å²) in [5, 5.41) is 12.2. The van der Waals surface area contributed by atoms with E-state index >= 15 is 0 Å². The number of carbonyl (C=O) groups excluding carboxylic acids is 5. The number of methoxy groups -OCH3 is 5. The van der Waals surface area contributed by atoms with Crippen LogP contribution in [0.25, 0.3) is 0 Å². The predicted molar refractivity (Wildman–Crippen MR) is 287 cm³/mol. The Morgan fingerprint density at radius 3 is 2.13 bits per heavy atom. The molecule has 1 aliphatic carbocycles. The molecule has 4 aliphatic rings. The lowest BCUT2D eigenvalue weighted by atomic mass is 9.78. The number of amides is 1. The first-order valence-corrected chi connectivity index (χ1v) is 27.9.